The molecule has 0 aliphatic heterocycles. The van der Waals surface area contributed by atoms with Crippen LogP contribution in [-0.2, 0) is 6.54 Å². The molecule has 0 aromatic heterocycles. The van der Waals surface area contributed by atoms with Gasteiger partial charge in [0.05, 0.1) is 13.7 Å². The molecular formula is C20H25NO3. The Morgan fingerprint density at radius 1 is 1.12 bits per heavy atom. The fourth-order valence-corrected chi connectivity index (χ4v) is 2.37. The standard InChI is InChI=1S/C20H25NO3/c1-4-5-12-24-18-11-10-16(13-19(18)23-3)14-21-20(22)17-9-7-6-8-15(17)2/h6-11,13H,4-5,12,14H2,1-3H3,(H,21,22). The molecule has 4 nitrogen and oxygen atoms in total. The molecule has 0 radical (unpaired) electrons. The minimum Gasteiger partial charge on any atom is -0.493 e. The van der Waals surface area contributed by atoms with Gasteiger partial charge in [0.2, 0.25) is 0 Å². The van der Waals surface area contributed by atoms with Gasteiger partial charge in [0.1, 0.15) is 0 Å². The van der Waals surface area contributed by atoms with Crippen LogP contribution in [0.4, 0.5) is 0 Å². The number of hydrogen-bond donors (Lipinski definition) is 1. The molecule has 0 fully saturated rings. The van der Waals surface area contributed by atoms with Crippen molar-refractivity contribution >= 4 is 5.91 Å². The third-order valence-electron chi connectivity index (χ3n) is 3.83. The molecule has 0 bridgehead atoms. The van der Waals surface area contributed by atoms with Gasteiger partial charge < -0.3 is 14.8 Å². The van der Waals surface area contributed by atoms with Gasteiger partial charge in [-0.25, -0.2) is 0 Å². The van der Waals surface area contributed by atoms with Crippen LogP contribution in [0.1, 0.15) is 41.3 Å². The van der Waals surface area contributed by atoms with Gasteiger partial charge in [-0.2, -0.15) is 0 Å². The van der Waals surface area contributed by atoms with E-state index >= 15 is 0 Å². The van der Waals surface area contributed by atoms with E-state index in [-0.39, 0.29) is 5.91 Å². The van der Waals surface area contributed by atoms with Crippen molar-refractivity contribution in [1.29, 1.82) is 0 Å². The number of benzene rings is 2. The van der Waals surface area contributed by atoms with E-state index in [1.165, 1.54) is 0 Å². The molecule has 1 N–H and O–H groups in total. The lowest BCUT2D eigenvalue weighted by Crippen LogP contribution is -2.23. The molecular weight excluding hydrogens is 302 g/mol. The van der Waals surface area contributed by atoms with Gasteiger partial charge in [0, 0.05) is 12.1 Å². The highest BCUT2D eigenvalue weighted by Gasteiger charge is 2.09. The first-order chi connectivity index (χ1) is 11.7. The number of ether oxygens (including phenoxy) is 2. The zero-order valence-electron chi connectivity index (χ0n) is 14.6. The van der Waals surface area contributed by atoms with E-state index in [0.717, 1.165) is 29.7 Å². The summed E-state index contributed by atoms with van der Waals surface area (Å²) in [4.78, 5) is 12.3. The normalized spacial score (nSPS) is 10.3. The van der Waals surface area contributed by atoms with Crippen molar-refractivity contribution in [3.8, 4) is 11.5 Å². The molecule has 128 valence electrons. The van der Waals surface area contributed by atoms with Gasteiger partial charge in [-0.05, 0) is 42.7 Å². The number of nitrogens with one attached hydrogen (secondary N) is 1. The van der Waals surface area contributed by atoms with Crippen molar-refractivity contribution in [1.82, 2.24) is 5.32 Å². The highest BCUT2D eigenvalue weighted by atomic mass is 16.5. The predicted molar refractivity (Wildman–Crippen MR) is 95.7 cm³/mol. The number of unbranched alkanes of at least 4 members (excludes halogenated alkanes) is 1. The van der Waals surface area contributed by atoms with Crippen LogP contribution >= 0.6 is 0 Å². The first-order valence-electron chi connectivity index (χ1n) is 8.29. The Labute approximate surface area is 143 Å². The molecule has 0 saturated heterocycles. The first-order valence-corrected chi connectivity index (χ1v) is 8.29. The molecule has 0 atom stereocenters. The molecule has 2 rings (SSSR count). The third-order valence-corrected chi connectivity index (χ3v) is 3.83. The maximum absolute atomic E-state index is 12.3. The van der Waals surface area contributed by atoms with Gasteiger partial charge in [-0.1, -0.05) is 37.6 Å². The van der Waals surface area contributed by atoms with Gasteiger partial charge in [0.15, 0.2) is 11.5 Å². The predicted octanol–water partition coefficient (Wildman–Crippen LogP) is 4.11. The molecule has 24 heavy (non-hydrogen) atoms. The molecule has 0 spiro atoms. The Balaban J connectivity index is 2.00. The van der Waals surface area contributed by atoms with Crippen LogP contribution in [0.15, 0.2) is 42.5 Å². The number of carbonyl (C=O) groups excluding carboxylic acids is 1. The van der Waals surface area contributed by atoms with Crippen molar-refractivity contribution in [2.45, 2.75) is 33.2 Å². The van der Waals surface area contributed by atoms with Crippen LogP contribution < -0.4 is 14.8 Å². The second kappa shape index (κ2) is 8.96. The van der Waals surface area contributed by atoms with E-state index in [2.05, 4.69) is 12.2 Å². The van der Waals surface area contributed by atoms with Gasteiger partial charge in [0.25, 0.3) is 5.91 Å². The van der Waals surface area contributed by atoms with Crippen molar-refractivity contribution in [3.05, 3.63) is 59.2 Å². The maximum atomic E-state index is 12.3. The summed E-state index contributed by atoms with van der Waals surface area (Å²) in [6, 6.07) is 13.3. The molecule has 0 aliphatic rings. The van der Waals surface area contributed by atoms with Crippen LogP contribution in [0.25, 0.3) is 0 Å². The molecule has 0 aliphatic carbocycles. The summed E-state index contributed by atoms with van der Waals surface area (Å²) in [5.74, 6) is 1.35. The Hall–Kier alpha value is -2.49. The number of methoxy groups -OCH3 is 1. The van der Waals surface area contributed by atoms with E-state index in [1.54, 1.807) is 7.11 Å². The second-order valence-electron chi connectivity index (χ2n) is 5.68. The molecule has 1 amide bonds. The minimum atomic E-state index is -0.0738. The van der Waals surface area contributed by atoms with E-state index in [1.807, 2.05) is 49.4 Å². The molecule has 2 aromatic rings. The Morgan fingerprint density at radius 3 is 2.62 bits per heavy atom. The van der Waals surface area contributed by atoms with Gasteiger partial charge >= 0.3 is 0 Å². The lowest BCUT2D eigenvalue weighted by atomic mass is 10.1. The summed E-state index contributed by atoms with van der Waals surface area (Å²) in [7, 11) is 1.62. The average molecular weight is 327 g/mol. The van der Waals surface area contributed by atoms with Crippen LogP contribution in [-0.4, -0.2) is 19.6 Å². The minimum absolute atomic E-state index is 0.0738. The molecule has 0 saturated carbocycles. The number of carbonyl (C=O) groups is 1. The second-order valence-corrected chi connectivity index (χ2v) is 5.68. The zero-order valence-corrected chi connectivity index (χ0v) is 14.6. The Morgan fingerprint density at radius 2 is 1.92 bits per heavy atom. The van der Waals surface area contributed by atoms with E-state index in [9.17, 15) is 4.79 Å². The lowest BCUT2D eigenvalue weighted by molar-refractivity contribution is 0.0950. The largest absolute Gasteiger partial charge is 0.493 e. The summed E-state index contributed by atoms with van der Waals surface area (Å²) in [6.45, 7) is 5.18. The fourth-order valence-electron chi connectivity index (χ4n) is 2.37. The average Bonchev–Trinajstić information content (AvgIpc) is 2.61. The third kappa shape index (κ3) is 4.75. The van der Waals surface area contributed by atoms with E-state index < -0.39 is 0 Å². The highest BCUT2D eigenvalue weighted by molar-refractivity contribution is 5.95. The first kappa shape index (κ1) is 17.9. The summed E-state index contributed by atoms with van der Waals surface area (Å²) < 4.78 is 11.1. The Bertz CT molecular complexity index is 682. The molecule has 0 heterocycles. The molecule has 4 heteroatoms. The van der Waals surface area contributed by atoms with E-state index in [0.29, 0.717) is 24.5 Å². The van der Waals surface area contributed by atoms with E-state index in [4.69, 9.17) is 9.47 Å². The highest BCUT2D eigenvalue weighted by Crippen LogP contribution is 2.28. The van der Waals surface area contributed by atoms with Crippen LogP contribution in [0, 0.1) is 6.92 Å². The maximum Gasteiger partial charge on any atom is 0.251 e. The smallest absolute Gasteiger partial charge is 0.251 e. The number of amides is 1. The topological polar surface area (TPSA) is 47.6 Å². The number of rotatable bonds is 8. The summed E-state index contributed by atoms with van der Waals surface area (Å²) in [6.07, 6.45) is 2.10. The van der Waals surface area contributed by atoms with Crippen molar-refractivity contribution in [2.75, 3.05) is 13.7 Å². The number of aryl methyl sites for hydroxylation is 1. The SMILES string of the molecule is CCCCOc1ccc(CNC(=O)c2ccccc2C)cc1OC. The van der Waals surface area contributed by atoms with Gasteiger partial charge in [-0.3, -0.25) is 4.79 Å². The van der Waals surface area contributed by atoms with Crippen molar-refractivity contribution in [2.24, 2.45) is 0 Å². The van der Waals surface area contributed by atoms with Crippen LogP contribution in [0.3, 0.4) is 0 Å². The van der Waals surface area contributed by atoms with Crippen LogP contribution in [0.5, 0.6) is 11.5 Å². The summed E-state index contributed by atoms with van der Waals surface area (Å²) in [5, 5.41) is 2.94. The van der Waals surface area contributed by atoms with Crippen molar-refractivity contribution in [3.63, 3.8) is 0 Å². The summed E-state index contributed by atoms with van der Waals surface area (Å²) >= 11 is 0. The quantitative estimate of drug-likeness (QED) is 0.742. The summed E-state index contributed by atoms with van der Waals surface area (Å²) in [5.41, 5.74) is 2.63. The molecule has 0 unspecified atom stereocenters. The van der Waals surface area contributed by atoms with Crippen LogP contribution in [0.2, 0.25) is 0 Å². The molecule has 2 aromatic carbocycles. The number of hydrogen-bond acceptors (Lipinski definition) is 3. The fraction of sp³-hybridized carbons (Fsp3) is 0.350. The monoisotopic (exact) mass is 327 g/mol. The van der Waals surface area contributed by atoms with Gasteiger partial charge in [-0.15, -0.1) is 0 Å². The van der Waals surface area contributed by atoms with Crippen molar-refractivity contribution < 1.29 is 14.3 Å². The Kier molecular flexibility index (Phi) is 6.67. The lowest BCUT2D eigenvalue weighted by Gasteiger charge is -2.13. The zero-order chi connectivity index (χ0) is 17.4.